The number of carbonyl (C=O) groups excluding carboxylic acids is 1. The second kappa shape index (κ2) is 8.38. The largest absolute Gasteiger partial charge is 0.352 e. The van der Waals surface area contributed by atoms with Crippen molar-refractivity contribution in [3.8, 4) is 0 Å². The normalized spacial score (nSPS) is 27.4. The van der Waals surface area contributed by atoms with E-state index in [0.29, 0.717) is 12.0 Å². The lowest BCUT2D eigenvalue weighted by Crippen LogP contribution is -2.48. The highest BCUT2D eigenvalue weighted by molar-refractivity contribution is 7.99. The van der Waals surface area contributed by atoms with Gasteiger partial charge in [-0.3, -0.25) is 10.1 Å². The van der Waals surface area contributed by atoms with Gasteiger partial charge in [0.25, 0.3) is 0 Å². The minimum atomic E-state index is 0. The van der Waals surface area contributed by atoms with Crippen molar-refractivity contribution in [1.82, 2.24) is 10.6 Å². The van der Waals surface area contributed by atoms with Crippen LogP contribution in [0.5, 0.6) is 0 Å². The van der Waals surface area contributed by atoms with Crippen LogP contribution in [-0.4, -0.2) is 29.6 Å². The molecule has 0 aromatic rings. The second-order valence-electron chi connectivity index (χ2n) is 5.83. The predicted molar refractivity (Wildman–Crippen MR) is 84.8 cm³/mol. The summed E-state index contributed by atoms with van der Waals surface area (Å²) < 4.78 is 0. The Bertz CT molecular complexity index is 279. The number of halogens is 1. The SMILES string of the molecule is CC(NC(=O)C1CSCN1)C(C)C1CCCCC1.Cl. The quantitative estimate of drug-likeness (QED) is 0.839. The van der Waals surface area contributed by atoms with Crippen LogP contribution in [0.3, 0.4) is 0 Å². The molecule has 0 aromatic heterocycles. The Hall–Kier alpha value is 0.0700. The zero-order valence-corrected chi connectivity index (χ0v) is 13.6. The van der Waals surface area contributed by atoms with Crippen LogP contribution in [0.2, 0.25) is 0 Å². The molecular formula is C14H27ClN2OS. The fraction of sp³-hybridized carbons (Fsp3) is 0.929. The van der Waals surface area contributed by atoms with Crippen LogP contribution in [0, 0.1) is 11.8 Å². The van der Waals surface area contributed by atoms with Crippen LogP contribution in [-0.2, 0) is 4.79 Å². The Morgan fingerprint density at radius 1 is 1.26 bits per heavy atom. The number of thioether (sulfide) groups is 1. The molecule has 112 valence electrons. The number of carbonyl (C=O) groups is 1. The van der Waals surface area contributed by atoms with E-state index in [1.807, 2.05) is 0 Å². The van der Waals surface area contributed by atoms with Crippen molar-refractivity contribution in [1.29, 1.82) is 0 Å². The highest BCUT2D eigenvalue weighted by Gasteiger charge is 2.28. The van der Waals surface area contributed by atoms with Crippen LogP contribution in [0.4, 0.5) is 0 Å². The number of nitrogens with one attached hydrogen (secondary N) is 2. The summed E-state index contributed by atoms with van der Waals surface area (Å²) in [6.07, 6.45) is 6.83. The number of hydrogen-bond acceptors (Lipinski definition) is 3. The number of rotatable bonds is 4. The lowest BCUT2D eigenvalue weighted by molar-refractivity contribution is -0.123. The molecule has 2 N–H and O–H groups in total. The summed E-state index contributed by atoms with van der Waals surface area (Å²) in [5.41, 5.74) is 0. The van der Waals surface area contributed by atoms with Gasteiger partial charge in [-0.05, 0) is 18.8 Å². The Kier molecular flexibility index (Phi) is 7.55. The van der Waals surface area contributed by atoms with E-state index < -0.39 is 0 Å². The molecule has 3 unspecified atom stereocenters. The van der Waals surface area contributed by atoms with E-state index in [1.165, 1.54) is 32.1 Å². The minimum absolute atomic E-state index is 0. The zero-order valence-electron chi connectivity index (χ0n) is 12.0. The average molecular weight is 307 g/mol. The summed E-state index contributed by atoms with van der Waals surface area (Å²) in [4.78, 5) is 12.1. The highest BCUT2D eigenvalue weighted by atomic mass is 35.5. The fourth-order valence-corrected chi connectivity index (χ4v) is 4.03. The van der Waals surface area contributed by atoms with Crippen LogP contribution in [0.25, 0.3) is 0 Å². The third kappa shape index (κ3) is 4.83. The Morgan fingerprint density at radius 3 is 2.53 bits per heavy atom. The molecule has 0 spiro atoms. The molecule has 2 rings (SSSR count). The minimum Gasteiger partial charge on any atom is -0.352 e. The molecule has 1 heterocycles. The summed E-state index contributed by atoms with van der Waals surface area (Å²) in [5.74, 6) is 3.42. The summed E-state index contributed by atoms with van der Waals surface area (Å²) in [6.45, 7) is 4.47. The summed E-state index contributed by atoms with van der Waals surface area (Å²) in [5, 5.41) is 6.44. The molecule has 5 heteroatoms. The molecule has 0 bridgehead atoms. The van der Waals surface area contributed by atoms with Crippen molar-refractivity contribution in [2.24, 2.45) is 11.8 Å². The van der Waals surface area contributed by atoms with Gasteiger partial charge < -0.3 is 5.32 Å². The van der Waals surface area contributed by atoms with Gasteiger partial charge in [-0.25, -0.2) is 0 Å². The van der Waals surface area contributed by atoms with Crippen molar-refractivity contribution < 1.29 is 4.79 Å². The first-order valence-corrected chi connectivity index (χ1v) is 8.45. The molecule has 1 saturated heterocycles. The van der Waals surface area contributed by atoms with Crippen LogP contribution >= 0.6 is 24.2 Å². The maximum absolute atomic E-state index is 12.1. The molecular weight excluding hydrogens is 280 g/mol. The van der Waals surface area contributed by atoms with Crippen molar-refractivity contribution in [3.63, 3.8) is 0 Å². The first kappa shape index (κ1) is 17.1. The van der Waals surface area contributed by atoms with E-state index >= 15 is 0 Å². The van der Waals surface area contributed by atoms with E-state index in [9.17, 15) is 4.79 Å². The topological polar surface area (TPSA) is 41.1 Å². The van der Waals surface area contributed by atoms with Crippen LogP contribution < -0.4 is 10.6 Å². The molecule has 0 aromatic carbocycles. The third-order valence-corrected chi connectivity index (χ3v) is 5.52. The van der Waals surface area contributed by atoms with Crippen molar-refractivity contribution in [3.05, 3.63) is 0 Å². The molecule has 2 aliphatic rings. The molecule has 0 radical (unpaired) electrons. The molecule has 3 nitrogen and oxygen atoms in total. The van der Waals surface area contributed by atoms with Gasteiger partial charge in [0.15, 0.2) is 0 Å². The van der Waals surface area contributed by atoms with E-state index in [0.717, 1.165) is 17.5 Å². The van der Waals surface area contributed by atoms with E-state index in [-0.39, 0.29) is 24.4 Å². The van der Waals surface area contributed by atoms with E-state index in [1.54, 1.807) is 11.8 Å². The Balaban J connectivity index is 0.00000180. The smallest absolute Gasteiger partial charge is 0.238 e. The first-order chi connectivity index (χ1) is 8.68. The zero-order chi connectivity index (χ0) is 13.0. The molecule has 1 aliphatic carbocycles. The van der Waals surface area contributed by atoms with Gasteiger partial charge >= 0.3 is 0 Å². The van der Waals surface area contributed by atoms with Gasteiger partial charge in [0.2, 0.25) is 5.91 Å². The summed E-state index contributed by atoms with van der Waals surface area (Å²) in [6, 6.07) is 0.323. The molecule has 1 aliphatic heterocycles. The second-order valence-corrected chi connectivity index (χ2v) is 6.86. The average Bonchev–Trinajstić information content (AvgIpc) is 2.92. The van der Waals surface area contributed by atoms with Crippen LogP contribution in [0.15, 0.2) is 0 Å². The molecule has 3 atom stereocenters. The van der Waals surface area contributed by atoms with Crippen molar-refractivity contribution in [2.45, 2.75) is 58.0 Å². The fourth-order valence-electron chi connectivity index (χ4n) is 3.09. The lowest BCUT2D eigenvalue weighted by atomic mass is 9.78. The van der Waals surface area contributed by atoms with Gasteiger partial charge in [-0.2, -0.15) is 0 Å². The van der Waals surface area contributed by atoms with Gasteiger partial charge in [0, 0.05) is 17.7 Å². The molecule has 19 heavy (non-hydrogen) atoms. The summed E-state index contributed by atoms with van der Waals surface area (Å²) in [7, 11) is 0. The Morgan fingerprint density at radius 2 is 1.95 bits per heavy atom. The highest BCUT2D eigenvalue weighted by Crippen LogP contribution is 2.31. The molecule has 2 fully saturated rings. The first-order valence-electron chi connectivity index (χ1n) is 7.30. The number of amides is 1. The van der Waals surface area contributed by atoms with E-state index in [2.05, 4.69) is 24.5 Å². The van der Waals surface area contributed by atoms with Gasteiger partial charge in [0.1, 0.15) is 0 Å². The van der Waals surface area contributed by atoms with Gasteiger partial charge in [-0.1, -0.05) is 39.0 Å². The van der Waals surface area contributed by atoms with Gasteiger partial charge in [0.05, 0.1) is 6.04 Å². The number of hydrogen-bond donors (Lipinski definition) is 2. The van der Waals surface area contributed by atoms with Gasteiger partial charge in [-0.15, -0.1) is 24.2 Å². The predicted octanol–water partition coefficient (Wildman–Crippen LogP) is 2.79. The molecule has 1 amide bonds. The maximum Gasteiger partial charge on any atom is 0.238 e. The van der Waals surface area contributed by atoms with Crippen LogP contribution in [0.1, 0.15) is 46.0 Å². The summed E-state index contributed by atoms with van der Waals surface area (Å²) >= 11 is 1.80. The van der Waals surface area contributed by atoms with E-state index in [4.69, 9.17) is 0 Å². The lowest BCUT2D eigenvalue weighted by Gasteiger charge is -2.32. The third-order valence-electron chi connectivity index (χ3n) is 4.58. The maximum atomic E-state index is 12.1. The standard InChI is InChI=1S/C14H26N2OS.ClH/c1-10(12-6-4-3-5-7-12)11(2)16-14(17)13-8-18-9-15-13;/h10-13,15H,3-9H2,1-2H3,(H,16,17);1H. The molecule has 1 saturated carbocycles. The van der Waals surface area contributed by atoms with Crippen molar-refractivity contribution >= 4 is 30.1 Å². The monoisotopic (exact) mass is 306 g/mol. The Labute approximate surface area is 127 Å². The van der Waals surface area contributed by atoms with Crippen molar-refractivity contribution in [2.75, 3.05) is 11.6 Å².